The summed E-state index contributed by atoms with van der Waals surface area (Å²) in [6.07, 6.45) is 2.42. The van der Waals surface area contributed by atoms with E-state index in [0.29, 0.717) is 18.0 Å². The second-order valence-electron chi connectivity index (χ2n) is 3.21. The zero-order chi connectivity index (χ0) is 12.0. The van der Waals surface area contributed by atoms with Gasteiger partial charge < -0.3 is 10.6 Å². The van der Waals surface area contributed by atoms with E-state index in [1.165, 1.54) is 18.3 Å². The minimum absolute atomic E-state index is 0.0969. The average molecular weight is 241 g/mol. The SMILES string of the molecule is CCc1ncc(C(=O)NCCNC(C)=O)s1. The fraction of sp³-hybridized carbons (Fsp3) is 0.500. The average Bonchev–Trinajstić information content (AvgIpc) is 2.72. The molecule has 6 heteroatoms. The van der Waals surface area contributed by atoms with E-state index in [2.05, 4.69) is 15.6 Å². The summed E-state index contributed by atoms with van der Waals surface area (Å²) in [7, 11) is 0. The quantitative estimate of drug-likeness (QED) is 0.740. The van der Waals surface area contributed by atoms with Crippen molar-refractivity contribution in [3.05, 3.63) is 16.1 Å². The molecule has 1 heterocycles. The van der Waals surface area contributed by atoms with Gasteiger partial charge in [-0.3, -0.25) is 9.59 Å². The second-order valence-corrected chi connectivity index (χ2v) is 4.33. The van der Waals surface area contributed by atoms with E-state index in [0.717, 1.165) is 11.4 Å². The summed E-state index contributed by atoms with van der Waals surface area (Å²) in [4.78, 5) is 26.8. The van der Waals surface area contributed by atoms with E-state index >= 15 is 0 Å². The summed E-state index contributed by atoms with van der Waals surface area (Å²) in [6.45, 7) is 4.31. The van der Waals surface area contributed by atoms with Gasteiger partial charge in [0.15, 0.2) is 0 Å². The third kappa shape index (κ3) is 3.98. The van der Waals surface area contributed by atoms with Crippen LogP contribution in [-0.2, 0) is 11.2 Å². The van der Waals surface area contributed by atoms with Crippen LogP contribution in [0.15, 0.2) is 6.20 Å². The molecule has 0 atom stereocenters. The van der Waals surface area contributed by atoms with Crippen molar-refractivity contribution in [3.63, 3.8) is 0 Å². The van der Waals surface area contributed by atoms with Crippen LogP contribution in [0.4, 0.5) is 0 Å². The van der Waals surface area contributed by atoms with Gasteiger partial charge in [0.1, 0.15) is 4.88 Å². The molecule has 2 N–H and O–H groups in total. The third-order valence-corrected chi connectivity index (χ3v) is 3.00. The standard InChI is InChI=1S/C10H15N3O2S/c1-3-9-13-6-8(16-9)10(15)12-5-4-11-7(2)14/h6H,3-5H2,1-2H3,(H,11,14)(H,12,15). The molecule has 0 aliphatic carbocycles. The molecule has 1 aromatic rings. The smallest absolute Gasteiger partial charge is 0.263 e. The highest BCUT2D eigenvalue weighted by Gasteiger charge is 2.08. The van der Waals surface area contributed by atoms with Crippen molar-refractivity contribution in [1.82, 2.24) is 15.6 Å². The lowest BCUT2D eigenvalue weighted by Gasteiger charge is -2.03. The van der Waals surface area contributed by atoms with Gasteiger partial charge in [-0.15, -0.1) is 11.3 Å². The van der Waals surface area contributed by atoms with Gasteiger partial charge >= 0.3 is 0 Å². The molecule has 0 fully saturated rings. The van der Waals surface area contributed by atoms with Crippen LogP contribution < -0.4 is 10.6 Å². The number of amides is 2. The lowest BCUT2D eigenvalue weighted by molar-refractivity contribution is -0.118. The maximum atomic E-state index is 11.6. The minimum atomic E-state index is -0.137. The molecule has 0 saturated carbocycles. The number of hydrogen-bond acceptors (Lipinski definition) is 4. The fourth-order valence-corrected chi connectivity index (χ4v) is 1.85. The monoisotopic (exact) mass is 241 g/mol. The summed E-state index contributed by atoms with van der Waals surface area (Å²) in [6, 6.07) is 0. The number of rotatable bonds is 5. The molecule has 16 heavy (non-hydrogen) atoms. The van der Waals surface area contributed by atoms with Gasteiger partial charge in [0.25, 0.3) is 5.91 Å². The Labute approximate surface area is 98.3 Å². The second kappa shape index (κ2) is 6.22. The molecular formula is C10H15N3O2S. The van der Waals surface area contributed by atoms with Gasteiger partial charge in [0, 0.05) is 20.0 Å². The lowest BCUT2D eigenvalue weighted by Crippen LogP contribution is -2.33. The first-order valence-corrected chi connectivity index (χ1v) is 5.92. The molecule has 0 saturated heterocycles. The van der Waals surface area contributed by atoms with Crippen LogP contribution in [0.2, 0.25) is 0 Å². The van der Waals surface area contributed by atoms with Gasteiger partial charge in [-0.05, 0) is 6.42 Å². The Balaban J connectivity index is 2.32. The molecule has 0 aromatic carbocycles. The van der Waals surface area contributed by atoms with E-state index in [9.17, 15) is 9.59 Å². The third-order valence-electron chi connectivity index (χ3n) is 1.86. The molecule has 5 nitrogen and oxygen atoms in total. The number of thiazole rings is 1. The highest BCUT2D eigenvalue weighted by atomic mass is 32.1. The highest BCUT2D eigenvalue weighted by Crippen LogP contribution is 2.12. The number of hydrogen-bond donors (Lipinski definition) is 2. The Morgan fingerprint density at radius 2 is 2.06 bits per heavy atom. The minimum Gasteiger partial charge on any atom is -0.355 e. The Kier molecular flexibility index (Phi) is 4.91. The van der Waals surface area contributed by atoms with Crippen LogP contribution in [0.5, 0.6) is 0 Å². The van der Waals surface area contributed by atoms with Crippen LogP contribution >= 0.6 is 11.3 Å². The molecule has 1 aromatic heterocycles. The molecular weight excluding hydrogens is 226 g/mol. The summed E-state index contributed by atoms with van der Waals surface area (Å²) in [5, 5.41) is 6.26. The zero-order valence-corrected chi connectivity index (χ0v) is 10.2. The molecule has 0 unspecified atom stereocenters. The number of nitrogens with one attached hydrogen (secondary N) is 2. The molecule has 0 spiro atoms. The van der Waals surface area contributed by atoms with E-state index in [-0.39, 0.29) is 11.8 Å². The van der Waals surface area contributed by atoms with Crippen molar-refractivity contribution in [2.45, 2.75) is 20.3 Å². The largest absolute Gasteiger partial charge is 0.355 e. The number of carbonyl (C=O) groups excluding carboxylic acids is 2. The molecule has 0 aliphatic rings. The van der Waals surface area contributed by atoms with Crippen LogP contribution in [0.1, 0.15) is 28.5 Å². The molecule has 0 radical (unpaired) electrons. The number of aromatic nitrogens is 1. The number of aryl methyl sites for hydroxylation is 1. The van der Waals surface area contributed by atoms with Crippen molar-refractivity contribution < 1.29 is 9.59 Å². The Bertz CT molecular complexity index is 376. The maximum absolute atomic E-state index is 11.6. The Morgan fingerprint density at radius 3 is 2.62 bits per heavy atom. The molecule has 0 aliphatic heterocycles. The molecule has 88 valence electrons. The predicted octanol–water partition coefficient (Wildman–Crippen LogP) is 0.571. The molecule has 1 rings (SSSR count). The van der Waals surface area contributed by atoms with Crippen molar-refractivity contribution in [2.24, 2.45) is 0 Å². The number of nitrogens with zero attached hydrogens (tertiary/aromatic N) is 1. The van der Waals surface area contributed by atoms with E-state index in [1.807, 2.05) is 6.92 Å². The van der Waals surface area contributed by atoms with Crippen LogP contribution in [0.25, 0.3) is 0 Å². The highest BCUT2D eigenvalue weighted by molar-refractivity contribution is 7.13. The van der Waals surface area contributed by atoms with Crippen LogP contribution in [0.3, 0.4) is 0 Å². The first-order valence-electron chi connectivity index (χ1n) is 5.10. The Hall–Kier alpha value is -1.43. The first kappa shape index (κ1) is 12.6. The summed E-state index contributed by atoms with van der Waals surface area (Å²) < 4.78 is 0. The van der Waals surface area contributed by atoms with Gasteiger partial charge in [0.2, 0.25) is 5.91 Å². The van der Waals surface area contributed by atoms with Crippen molar-refractivity contribution in [1.29, 1.82) is 0 Å². The molecule has 2 amide bonds. The predicted molar refractivity (Wildman–Crippen MR) is 62.5 cm³/mol. The maximum Gasteiger partial charge on any atom is 0.263 e. The Morgan fingerprint density at radius 1 is 1.38 bits per heavy atom. The van der Waals surface area contributed by atoms with E-state index in [1.54, 1.807) is 6.20 Å². The van der Waals surface area contributed by atoms with Gasteiger partial charge in [-0.25, -0.2) is 4.98 Å². The first-order chi connectivity index (χ1) is 7.63. The van der Waals surface area contributed by atoms with E-state index < -0.39 is 0 Å². The van der Waals surface area contributed by atoms with Gasteiger partial charge in [-0.2, -0.15) is 0 Å². The zero-order valence-electron chi connectivity index (χ0n) is 9.37. The van der Waals surface area contributed by atoms with Crippen molar-refractivity contribution in [2.75, 3.05) is 13.1 Å². The van der Waals surface area contributed by atoms with Crippen molar-refractivity contribution >= 4 is 23.2 Å². The van der Waals surface area contributed by atoms with E-state index in [4.69, 9.17) is 0 Å². The summed E-state index contributed by atoms with van der Waals surface area (Å²) in [5.74, 6) is -0.233. The summed E-state index contributed by atoms with van der Waals surface area (Å²) >= 11 is 1.39. The van der Waals surface area contributed by atoms with Gasteiger partial charge in [-0.1, -0.05) is 6.92 Å². The lowest BCUT2D eigenvalue weighted by atomic mass is 10.5. The summed E-state index contributed by atoms with van der Waals surface area (Å²) in [5.41, 5.74) is 0. The fourth-order valence-electron chi connectivity index (χ4n) is 1.08. The van der Waals surface area contributed by atoms with Gasteiger partial charge in [0.05, 0.1) is 11.2 Å². The van der Waals surface area contributed by atoms with Crippen molar-refractivity contribution in [3.8, 4) is 0 Å². The topological polar surface area (TPSA) is 71.1 Å². The van der Waals surface area contributed by atoms with Crippen LogP contribution in [0, 0.1) is 0 Å². The molecule has 0 bridgehead atoms. The number of carbonyl (C=O) groups is 2. The normalized spacial score (nSPS) is 9.88. The van der Waals surface area contributed by atoms with Crippen LogP contribution in [-0.4, -0.2) is 29.9 Å².